The van der Waals surface area contributed by atoms with Crippen LogP contribution in [0.3, 0.4) is 0 Å². The van der Waals surface area contributed by atoms with Crippen LogP contribution in [0.25, 0.3) is 0 Å². The van der Waals surface area contributed by atoms with Crippen LogP contribution >= 0.6 is 11.8 Å². The van der Waals surface area contributed by atoms with Gasteiger partial charge in [-0.3, -0.25) is 4.99 Å². The lowest BCUT2D eigenvalue weighted by Crippen LogP contribution is -2.30. The number of methoxy groups -OCH3 is 1. The van der Waals surface area contributed by atoms with Crippen LogP contribution in [-0.2, 0) is 4.74 Å². The second-order valence-electron chi connectivity index (χ2n) is 2.86. The summed E-state index contributed by atoms with van der Waals surface area (Å²) < 4.78 is 4.99. The van der Waals surface area contributed by atoms with E-state index in [-0.39, 0.29) is 0 Å². The van der Waals surface area contributed by atoms with Gasteiger partial charge >= 0.3 is 0 Å². The Bertz CT molecular complexity index is 161. The third-order valence-corrected chi connectivity index (χ3v) is 2.62. The topological polar surface area (TPSA) is 33.6 Å². The second-order valence-corrected chi connectivity index (χ2v) is 3.95. The molecule has 1 heterocycles. The highest BCUT2D eigenvalue weighted by atomic mass is 32.2. The zero-order valence-corrected chi connectivity index (χ0v) is 8.49. The first-order valence-electron chi connectivity index (χ1n) is 4.25. The van der Waals surface area contributed by atoms with Crippen molar-refractivity contribution in [3.05, 3.63) is 0 Å². The third kappa shape index (κ3) is 3.45. The van der Waals surface area contributed by atoms with Crippen LogP contribution in [0.15, 0.2) is 4.99 Å². The minimum Gasteiger partial charge on any atom is -0.385 e. The van der Waals surface area contributed by atoms with E-state index in [1.54, 1.807) is 18.9 Å². The normalized spacial score (nSPS) is 19.0. The predicted octanol–water partition coefficient (Wildman–Crippen LogP) is 1.10. The van der Waals surface area contributed by atoms with E-state index in [0.29, 0.717) is 6.04 Å². The number of hydrogen-bond acceptors (Lipinski definition) is 4. The van der Waals surface area contributed by atoms with Crippen molar-refractivity contribution in [1.82, 2.24) is 5.32 Å². The Morgan fingerprint density at radius 3 is 3.17 bits per heavy atom. The molecule has 0 spiro atoms. The molecule has 0 aliphatic carbocycles. The quantitative estimate of drug-likeness (QED) is 0.717. The fraction of sp³-hybridized carbons (Fsp3) is 0.875. The molecular formula is C8H16N2OS. The molecule has 3 nitrogen and oxygen atoms in total. The van der Waals surface area contributed by atoms with Crippen molar-refractivity contribution in [3.8, 4) is 0 Å². The second kappa shape index (κ2) is 5.43. The van der Waals surface area contributed by atoms with Crippen molar-refractivity contribution in [3.63, 3.8) is 0 Å². The first kappa shape index (κ1) is 9.86. The minimum atomic E-state index is 0.467. The van der Waals surface area contributed by atoms with Crippen molar-refractivity contribution < 1.29 is 4.74 Å². The summed E-state index contributed by atoms with van der Waals surface area (Å²) in [6.07, 6.45) is 1.04. The highest BCUT2D eigenvalue weighted by Crippen LogP contribution is 2.09. The summed E-state index contributed by atoms with van der Waals surface area (Å²) in [7, 11) is 1.73. The van der Waals surface area contributed by atoms with Crippen LogP contribution < -0.4 is 5.32 Å². The molecule has 4 heteroatoms. The molecule has 0 bridgehead atoms. The Morgan fingerprint density at radius 1 is 1.75 bits per heavy atom. The van der Waals surface area contributed by atoms with Gasteiger partial charge in [0, 0.05) is 25.5 Å². The lowest BCUT2D eigenvalue weighted by atomic mass is 10.2. The van der Waals surface area contributed by atoms with Gasteiger partial charge in [-0.2, -0.15) is 0 Å². The summed E-state index contributed by atoms with van der Waals surface area (Å²) in [6, 6.07) is 0.467. The van der Waals surface area contributed by atoms with Gasteiger partial charge in [0.05, 0.1) is 6.54 Å². The summed E-state index contributed by atoms with van der Waals surface area (Å²) in [5.74, 6) is 1.12. The summed E-state index contributed by atoms with van der Waals surface area (Å²) in [4.78, 5) is 4.31. The van der Waals surface area contributed by atoms with Gasteiger partial charge in [-0.15, -0.1) is 0 Å². The van der Waals surface area contributed by atoms with E-state index in [9.17, 15) is 0 Å². The van der Waals surface area contributed by atoms with Gasteiger partial charge < -0.3 is 10.1 Å². The van der Waals surface area contributed by atoms with Crippen molar-refractivity contribution in [2.75, 3.05) is 26.0 Å². The number of aliphatic imine (C=N–C) groups is 1. The average molecular weight is 188 g/mol. The van der Waals surface area contributed by atoms with Crippen LogP contribution in [0.2, 0.25) is 0 Å². The number of nitrogens with one attached hydrogen (secondary N) is 1. The Morgan fingerprint density at radius 2 is 2.58 bits per heavy atom. The lowest BCUT2D eigenvalue weighted by Gasteiger charge is -2.13. The Kier molecular flexibility index (Phi) is 4.46. The van der Waals surface area contributed by atoms with E-state index >= 15 is 0 Å². The van der Waals surface area contributed by atoms with Gasteiger partial charge in [0.2, 0.25) is 0 Å². The van der Waals surface area contributed by atoms with Crippen molar-refractivity contribution in [1.29, 1.82) is 0 Å². The van der Waals surface area contributed by atoms with Crippen LogP contribution in [0.4, 0.5) is 0 Å². The van der Waals surface area contributed by atoms with Crippen molar-refractivity contribution in [2.45, 2.75) is 19.4 Å². The highest BCUT2D eigenvalue weighted by molar-refractivity contribution is 8.14. The van der Waals surface area contributed by atoms with Crippen LogP contribution in [0.5, 0.6) is 0 Å². The molecule has 0 fully saturated rings. The molecule has 1 atom stereocenters. The molecule has 70 valence electrons. The van der Waals surface area contributed by atoms with Crippen molar-refractivity contribution >= 4 is 16.9 Å². The smallest absolute Gasteiger partial charge is 0.156 e. The van der Waals surface area contributed by atoms with Crippen LogP contribution in [0, 0.1) is 0 Å². The maximum absolute atomic E-state index is 4.99. The Balaban J connectivity index is 2.12. The molecular weight excluding hydrogens is 172 g/mol. The summed E-state index contributed by atoms with van der Waals surface area (Å²) in [5.41, 5.74) is 0. The van der Waals surface area contributed by atoms with Gasteiger partial charge in [0.1, 0.15) is 0 Å². The van der Waals surface area contributed by atoms with E-state index in [4.69, 9.17) is 4.74 Å². The number of rotatable bonds is 4. The molecule has 0 saturated heterocycles. The summed E-state index contributed by atoms with van der Waals surface area (Å²) in [5, 5.41) is 4.44. The molecule has 0 amide bonds. The molecule has 12 heavy (non-hydrogen) atoms. The maximum Gasteiger partial charge on any atom is 0.156 e. The number of hydrogen-bond donors (Lipinski definition) is 1. The monoisotopic (exact) mass is 188 g/mol. The molecule has 1 unspecified atom stereocenters. The number of thioether (sulfide) groups is 1. The molecule has 1 N–H and O–H groups in total. The highest BCUT2D eigenvalue weighted by Gasteiger charge is 2.09. The van der Waals surface area contributed by atoms with E-state index in [2.05, 4.69) is 17.2 Å². The molecule has 1 aliphatic rings. The fourth-order valence-corrected chi connectivity index (χ4v) is 1.84. The van der Waals surface area contributed by atoms with Crippen LogP contribution in [-0.4, -0.2) is 37.2 Å². The molecule has 0 aromatic heterocycles. The maximum atomic E-state index is 4.99. The van der Waals surface area contributed by atoms with E-state index < -0.39 is 0 Å². The van der Waals surface area contributed by atoms with Gasteiger partial charge in [-0.05, 0) is 13.3 Å². The van der Waals surface area contributed by atoms with Gasteiger partial charge in [0.15, 0.2) is 5.17 Å². The molecule has 0 aromatic carbocycles. The standard InChI is InChI=1S/C8H16N2OS/c1-7(3-5-11-2)10-8-9-4-6-12-8/h7H,3-6H2,1-2H3,(H,9,10). The summed E-state index contributed by atoms with van der Waals surface area (Å²) in [6.45, 7) is 3.93. The molecule has 0 saturated carbocycles. The molecule has 0 radical (unpaired) electrons. The molecule has 0 aromatic rings. The van der Waals surface area contributed by atoms with Gasteiger partial charge in [0.25, 0.3) is 0 Å². The average Bonchev–Trinajstić information content (AvgIpc) is 2.53. The van der Waals surface area contributed by atoms with E-state index in [1.807, 2.05) is 0 Å². The minimum absolute atomic E-state index is 0.467. The lowest BCUT2D eigenvalue weighted by molar-refractivity contribution is 0.187. The zero-order valence-electron chi connectivity index (χ0n) is 7.67. The van der Waals surface area contributed by atoms with Crippen molar-refractivity contribution in [2.24, 2.45) is 4.99 Å². The van der Waals surface area contributed by atoms with Gasteiger partial charge in [-0.1, -0.05) is 11.8 Å². The Hall–Kier alpha value is -0.220. The first-order valence-corrected chi connectivity index (χ1v) is 5.24. The fourth-order valence-electron chi connectivity index (χ4n) is 1.00. The number of amidine groups is 1. The Labute approximate surface area is 78.0 Å². The first-order chi connectivity index (χ1) is 5.83. The number of nitrogens with zero attached hydrogens (tertiary/aromatic N) is 1. The van der Waals surface area contributed by atoms with E-state index in [0.717, 1.165) is 30.5 Å². The molecule has 1 rings (SSSR count). The zero-order chi connectivity index (χ0) is 8.81. The largest absolute Gasteiger partial charge is 0.385 e. The molecule has 1 aliphatic heterocycles. The van der Waals surface area contributed by atoms with Crippen LogP contribution in [0.1, 0.15) is 13.3 Å². The SMILES string of the molecule is COCCC(C)NC1=NCCS1. The van der Waals surface area contributed by atoms with Gasteiger partial charge in [-0.25, -0.2) is 0 Å². The van der Waals surface area contributed by atoms with E-state index in [1.165, 1.54) is 0 Å². The third-order valence-electron chi connectivity index (χ3n) is 1.71. The predicted molar refractivity (Wildman–Crippen MR) is 53.9 cm³/mol. The number of ether oxygens (including phenoxy) is 1. The summed E-state index contributed by atoms with van der Waals surface area (Å²) >= 11 is 1.80.